The van der Waals surface area contributed by atoms with Crippen molar-refractivity contribution in [1.29, 1.82) is 0 Å². The second kappa shape index (κ2) is 6.91. The van der Waals surface area contributed by atoms with Crippen LogP contribution in [-0.2, 0) is 6.54 Å². The molecule has 1 aromatic carbocycles. The van der Waals surface area contributed by atoms with E-state index < -0.39 is 0 Å². The van der Waals surface area contributed by atoms with Crippen LogP contribution in [0.1, 0.15) is 25.1 Å². The summed E-state index contributed by atoms with van der Waals surface area (Å²) >= 11 is 6.74. The lowest BCUT2D eigenvalue weighted by Crippen LogP contribution is -2.03. The zero-order valence-corrected chi connectivity index (χ0v) is 13.3. The van der Waals surface area contributed by atoms with Crippen LogP contribution < -0.4 is 0 Å². The van der Waals surface area contributed by atoms with Gasteiger partial charge in [-0.25, -0.2) is 0 Å². The fourth-order valence-corrected chi connectivity index (χ4v) is 1.76. The van der Waals surface area contributed by atoms with Crippen LogP contribution in [0.15, 0.2) is 33.3 Å². The number of hydrogen-bond donors (Lipinski definition) is 0. The summed E-state index contributed by atoms with van der Waals surface area (Å²) < 4.78 is 1.89. The van der Waals surface area contributed by atoms with Crippen LogP contribution in [0.4, 0.5) is 0 Å². The van der Waals surface area contributed by atoms with Crippen LogP contribution in [0.3, 0.4) is 0 Å². The minimum Gasteiger partial charge on any atom is -0.179 e. The minimum absolute atomic E-state index is 0.694. The van der Waals surface area contributed by atoms with Crippen LogP contribution in [0.2, 0.25) is 0 Å². The van der Waals surface area contributed by atoms with Crippen molar-refractivity contribution in [3.05, 3.63) is 44.6 Å². The van der Waals surface area contributed by atoms with E-state index in [4.69, 9.17) is 0 Å². The summed E-state index contributed by atoms with van der Waals surface area (Å²) in [6, 6.07) is 8.13. The highest BCUT2D eigenvalue weighted by Gasteiger charge is 2.03. The second-order valence-electron chi connectivity index (χ2n) is 3.23. The Bertz CT molecular complexity index is 444. The number of aryl methyl sites for hydroxylation is 1. The Morgan fingerprint density at radius 3 is 2.12 bits per heavy atom. The van der Waals surface area contributed by atoms with Gasteiger partial charge in [0.15, 0.2) is 4.60 Å². The molecule has 3 nitrogen and oxygen atoms in total. The van der Waals surface area contributed by atoms with Gasteiger partial charge >= 0.3 is 0 Å². The van der Waals surface area contributed by atoms with Crippen molar-refractivity contribution in [2.75, 3.05) is 0 Å². The topological polar surface area (TPSA) is 30.7 Å². The van der Waals surface area contributed by atoms with Crippen molar-refractivity contribution in [2.45, 2.75) is 27.3 Å². The fourth-order valence-electron chi connectivity index (χ4n) is 1.23. The van der Waals surface area contributed by atoms with Crippen molar-refractivity contribution in [3.8, 4) is 0 Å². The SMILES string of the molecule is CC.Cc1nn(Cc2ccc(Br)cc2)nc1Br. The summed E-state index contributed by atoms with van der Waals surface area (Å²) in [6.07, 6.45) is 0. The monoisotopic (exact) mass is 359 g/mol. The van der Waals surface area contributed by atoms with E-state index in [2.05, 4.69) is 54.2 Å². The van der Waals surface area contributed by atoms with Crippen LogP contribution in [0.5, 0.6) is 0 Å². The molecule has 0 saturated heterocycles. The molecule has 0 amide bonds. The number of halogens is 2. The van der Waals surface area contributed by atoms with Crippen LogP contribution in [0, 0.1) is 6.92 Å². The van der Waals surface area contributed by atoms with Crippen molar-refractivity contribution in [1.82, 2.24) is 15.0 Å². The molecular formula is C12H15Br2N3. The van der Waals surface area contributed by atoms with Gasteiger partial charge in [-0.15, -0.1) is 5.10 Å². The maximum atomic E-state index is 4.27. The zero-order valence-electron chi connectivity index (χ0n) is 10.1. The molecule has 0 aliphatic heterocycles. The number of hydrogen-bond acceptors (Lipinski definition) is 2. The number of aromatic nitrogens is 3. The highest BCUT2D eigenvalue weighted by Crippen LogP contribution is 2.13. The minimum atomic E-state index is 0.694. The first-order valence-electron chi connectivity index (χ1n) is 5.47. The average molecular weight is 361 g/mol. The van der Waals surface area contributed by atoms with E-state index in [1.165, 1.54) is 5.56 Å². The van der Waals surface area contributed by atoms with Gasteiger partial charge in [-0.2, -0.15) is 9.90 Å². The Kier molecular flexibility index (Phi) is 5.85. The molecule has 17 heavy (non-hydrogen) atoms. The molecule has 0 aliphatic rings. The zero-order chi connectivity index (χ0) is 12.8. The van der Waals surface area contributed by atoms with Crippen LogP contribution in [0.25, 0.3) is 0 Å². The molecule has 0 saturated carbocycles. The molecule has 0 spiro atoms. The predicted octanol–water partition coefficient (Wildman–Crippen LogP) is 4.19. The lowest BCUT2D eigenvalue weighted by Gasteiger charge is -1.99. The Labute approximate surface area is 118 Å². The smallest absolute Gasteiger partial charge is 0.151 e. The maximum Gasteiger partial charge on any atom is 0.151 e. The lowest BCUT2D eigenvalue weighted by atomic mass is 10.2. The average Bonchev–Trinajstić information content (AvgIpc) is 2.64. The highest BCUT2D eigenvalue weighted by molar-refractivity contribution is 9.10. The van der Waals surface area contributed by atoms with Gasteiger partial charge in [0.25, 0.3) is 0 Å². The molecule has 0 bridgehead atoms. The summed E-state index contributed by atoms with van der Waals surface area (Å²) in [7, 11) is 0. The first-order chi connectivity index (χ1) is 8.15. The third-order valence-electron chi connectivity index (χ3n) is 2.00. The van der Waals surface area contributed by atoms with E-state index in [-0.39, 0.29) is 0 Å². The van der Waals surface area contributed by atoms with Gasteiger partial charge in [0.1, 0.15) is 0 Å². The summed E-state index contributed by atoms with van der Waals surface area (Å²) in [5.74, 6) is 0. The third kappa shape index (κ3) is 4.24. The van der Waals surface area contributed by atoms with Gasteiger partial charge in [-0.1, -0.05) is 41.9 Å². The Morgan fingerprint density at radius 2 is 1.65 bits per heavy atom. The van der Waals surface area contributed by atoms with E-state index >= 15 is 0 Å². The molecule has 0 fully saturated rings. The quantitative estimate of drug-likeness (QED) is 0.803. The van der Waals surface area contributed by atoms with Crippen LogP contribution in [-0.4, -0.2) is 15.0 Å². The molecular weight excluding hydrogens is 346 g/mol. The Morgan fingerprint density at radius 1 is 1.06 bits per heavy atom. The number of rotatable bonds is 2. The number of benzene rings is 1. The fraction of sp³-hybridized carbons (Fsp3) is 0.333. The largest absolute Gasteiger partial charge is 0.179 e. The van der Waals surface area contributed by atoms with Crippen molar-refractivity contribution < 1.29 is 0 Å². The normalized spacial score (nSPS) is 9.71. The standard InChI is InChI=1S/C10H9Br2N3.C2H6/c1-7-10(12)14-15(13-7)6-8-2-4-9(11)5-3-8;1-2/h2-5H,6H2,1H3;1-2H3. The summed E-state index contributed by atoms with van der Waals surface area (Å²) in [6.45, 7) is 6.62. The molecule has 0 atom stereocenters. The summed E-state index contributed by atoms with van der Waals surface area (Å²) in [5, 5.41) is 8.51. The molecule has 2 aromatic rings. The first-order valence-corrected chi connectivity index (χ1v) is 7.05. The van der Waals surface area contributed by atoms with Crippen molar-refractivity contribution in [2.24, 2.45) is 0 Å². The highest BCUT2D eigenvalue weighted by atomic mass is 79.9. The van der Waals surface area contributed by atoms with E-state index in [0.717, 1.165) is 14.8 Å². The molecule has 0 aliphatic carbocycles. The second-order valence-corrected chi connectivity index (χ2v) is 4.90. The number of nitrogens with zero attached hydrogens (tertiary/aromatic N) is 3. The van der Waals surface area contributed by atoms with Gasteiger partial charge in [0.05, 0.1) is 12.2 Å². The predicted molar refractivity (Wildman–Crippen MR) is 77.1 cm³/mol. The summed E-state index contributed by atoms with van der Waals surface area (Å²) in [5.41, 5.74) is 2.09. The van der Waals surface area contributed by atoms with Gasteiger partial charge < -0.3 is 0 Å². The Balaban J connectivity index is 0.000000686. The van der Waals surface area contributed by atoms with Crippen molar-refractivity contribution in [3.63, 3.8) is 0 Å². The van der Waals surface area contributed by atoms with E-state index in [1.54, 1.807) is 4.80 Å². The molecule has 2 rings (SSSR count). The lowest BCUT2D eigenvalue weighted by molar-refractivity contribution is 0.585. The Hall–Kier alpha value is -0.680. The first kappa shape index (κ1) is 14.4. The van der Waals surface area contributed by atoms with Gasteiger partial charge in [-0.3, -0.25) is 0 Å². The van der Waals surface area contributed by atoms with E-state index in [0.29, 0.717) is 6.54 Å². The van der Waals surface area contributed by atoms with Crippen molar-refractivity contribution >= 4 is 31.9 Å². The third-order valence-corrected chi connectivity index (χ3v) is 3.27. The van der Waals surface area contributed by atoms with Gasteiger partial charge in [0.2, 0.25) is 0 Å². The van der Waals surface area contributed by atoms with Crippen LogP contribution >= 0.6 is 31.9 Å². The molecule has 1 aromatic heterocycles. The molecule has 92 valence electrons. The molecule has 0 unspecified atom stereocenters. The summed E-state index contributed by atoms with van der Waals surface area (Å²) in [4.78, 5) is 1.68. The molecule has 1 heterocycles. The van der Waals surface area contributed by atoms with E-state index in [9.17, 15) is 0 Å². The van der Waals surface area contributed by atoms with Gasteiger partial charge in [-0.05, 0) is 40.5 Å². The molecule has 5 heteroatoms. The maximum absolute atomic E-state index is 4.27. The van der Waals surface area contributed by atoms with Gasteiger partial charge in [0, 0.05) is 4.47 Å². The molecule has 0 radical (unpaired) electrons. The van der Waals surface area contributed by atoms with E-state index in [1.807, 2.05) is 32.9 Å². The molecule has 0 N–H and O–H groups in total.